The molecule has 0 aliphatic carbocycles. The summed E-state index contributed by atoms with van der Waals surface area (Å²) in [5.41, 5.74) is 4.16. The molecule has 30 heavy (non-hydrogen) atoms. The van der Waals surface area contributed by atoms with Crippen molar-refractivity contribution < 1.29 is 4.74 Å². The molecule has 0 atom stereocenters. The summed E-state index contributed by atoms with van der Waals surface area (Å²) in [6.45, 7) is 5.32. The number of aliphatic imine (C=N–C) groups is 1. The Kier molecular flexibility index (Phi) is 7.30. The van der Waals surface area contributed by atoms with Crippen molar-refractivity contribution in [3.8, 4) is 11.6 Å². The zero-order chi connectivity index (χ0) is 21.5. The Labute approximate surface area is 182 Å². The second-order valence-corrected chi connectivity index (χ2v) is 7.33. The number of pyridine rings is 1. The van der Waals surface area contributed by atoms with Crippen molar-refractivity contribution in [2.45, 2.75) is 26.8 Å². The number of guanidine groups is 1. The summed E-state index contributed by atoms with van der Waals surface area (Å²) in [7, 11) is 3.38. The second kappa shape index (κ2) is 10.1. The van der Waals surface area contributed by atoms with Crippen molar-refractivity contribution >= 4 is 17.6 Å². The van der Waals surface area contributed by atoms with Crippen molar-refractivity contribution in [1.82, 2.24) is 25.4 Å². The lowest BCUT2D eigenvalue weighted by Crippen LogP contribution is -2.37. The number of halogens is 1. The van der Waals surface area contributed by atoms with E-state index in [1.807, 2.05) is 61.1 Å². The lowest BCUT2D eigenvalue weighted by atomic mass is 10.1. The molecule has 2 heterocycles. The summed E-state index contributed by atoms with van der Waals surface area (Å²) in [4.78, 5) is 8.80. The van der Waals surface area contributed by atoms with Crippen LogP contribution in [0.15, 0.2) is 47.6 Å². The Balaban J connectivity index is 1.50. The lowest BCUT2D eigenvalue weighted by Gasteiger charge is -2.13. The number of rotatable bonds is 7. The zero-order valence-corrected chi connectivity index (χ0v) is 18.5. The molecule has 158 valence electrons. The van der Waals surface area contributed by atoms with Crippen LogP contribution in [0.2, 0.25) is 5.02 Å². The van der Waals surface area contributed by atoms with Gasteiger partial charge in [0.15, 0.2) is 11.8 Å². The third kappa shape index (κ3) is 5.51. The van der Waals surface area contributed by atoms with Gasteiger partial charge in [0.1, 0.15) is 5.75 Å². The SMILES string of the molecule is CN=C(NCCc1ccc(OC)cc1Cl)NCc1ccc(-n2nc(C)cc2C)nc1. The first-order valence-corrected chi connectivity index (χ1v) is 10.1. The molecule has 8 heteroatoms. The van der Waals surface area contributed by atoms with E-state index >= 15 is 0 Å². The van der Waals surface area contributed by atoms with E-state index in [0.29, 0.717) is 18.1 Å². The Hall–Kier alpha value is -3.06. The summed E-state index contributed by atoms with van der Waals surface area (Å²) < 4.78 is 7.03. The summed E-state index contributed by atoms with van der Waals surface area (Å²) >= 11 is 6.30. The first-order valence-electron chi connectivity index (χ1n) is 9.75. The fraction of sp³-hybridized carbons (Fsp3) is 0.318. The van der Waals surface area contributed by atoms with Gasteiger partial charge >= 0.3 is 0 Å². The molecule has 2 aromatic heterocycles. The first-order chi connectivity index (χ1) is 14.5. The van der Waals surface area contributed by atoms with Crippen LogP contribution in [0.25, 0.3) is 5.82 Å². The molecule has 0 fully saturated rings. The molecule has 0 unspecified atom stereocenters. The summed E-state index contributed by atoms with van der Waals surface area (Å²) in [5, 5.41) is 11.8. The number of hydrogen-bond acceptors (Lipinski definition) is 4. The maximum Gasteiger partial charge on any atom is 0.191 e. The van der Waals surface area contributed by atoms with Crippen LogP contribution >= 0.6 is 11.6 Å². The highest BCUT2D eigenvalue weighted by molar-refractivity contribution is 6.31. The number of aromatic nitrogens is 3. The summed E-state index contributed by atoms with van der Waals surface area (Å²) in [5.74, 6) is 2.29. The zero-order valence-electron chi connectivity index (χ0n) is 17.7. The Morgan fingerprint density at radius 3 is 2.60 bits per heavy atom. The van der Waals surface area contributed by atoms with Gasteiger partial charge in [-0.15, -0.1) is 0 Å². The monoisotopic (exact) mass is 426 g/mol. The molecule has 0 saturated carbocycles. The first kappa shape index (κ1) is 21.6. The van der Waals surface area contributed by atoms with Gasteiger partial charge in [-0.3, -0.25) is 4.99 Å². The fourth-order valence-corrected chi connectivity index (χ4v) is 3.35. The highest BCUT2D eigenvalue weighted by Gasteiger charge is 2.06. The predicted octanol–water partition coefficient (Wildman–Crippen LogP) is 3.45. The van der Waals surface area contributed by atoms with Crippen LogP contribution in [0.4, 0.5) is 0 Å². The van der Waals surface area contributed by atoms with Crippen LogP contribution < -0.4 is 15.4 Å². The molecule has 0 aliphatic heterocycles. The molecule has 3 aromatic rings. The largest absolute Gasteiger partial charge is 0.497 e. The number of ether oxygens (including phenoxy) is 1. The van der Waals surface area contributed by atoms with E-state index in [1.54, 1.807) is 14.2 Å². The van der Waals surface area contributed by atoms with Gasteiger partial charge in [0.2, 0.25) is 0 Å². The minimum Gasteiger partial charge on any atom is -0.497 e. The van der Waals surface area contributed by atoms with E-state index in [4.69, 9.17) is 16.3 Å². The number of methoxy groups -OCH3 is 1. The van der Waals surface area contributed by atoms with Crippen molar-refractivity contribution in [2.75, 3.05) is 20.7 Å². The smallest absolute Gasteiger partial charge is 0.191 e. The number of benzene rings is 1. The molecule has 0 amide bonds. The highest BCUT2D eigenvalue weighted by atomic mass is 35.5. The molecule has 0 bridgehead atoms. The minimum atomic E-state index is 0.618. The topological polar surface area (TPSA) is 76.4 Å². The molecular formula is C22H27ClN6O. The van der Waals surface area contributed by atoms with Gasteiger partial charge < -0.3 is 15.4 Å². The van der Waals surface area contributed by atoms with E-state index in [1.165, 1.54) is 0 Å². The molecule has 0 spiro atoms. The number of nitrogens with one attached hydrogen (secondary N) is 2. The van der Waals surface area contributed by atoms with E-state index in [9.17, 15) is 0 Å². The molecule has 0 saturated heterocycles. The van der Waals surface area contributed by atoms with Crippen molar-refractivity contribution in [1.29, 1.82) is 0 Å². The normalized spacial score (nSPS) is 11.4. The standard InChI is InChI=1S/C22H27ClN6O/c1-15-11-16(2)29(28-15)21-8-5-17(13-26-21)14-27-22(24-3)25-10-9-18-6-7-19(30-4)12-20(18)23/h5-8,11-13H,9-10,14H2,1-4H3,(H2,24,25,27). The van der Waals surface area contributed by atoms with Crippen LogP contribution in [0.1, 0.15) is 22.5 Å². The third-order valence-electron chi connectivity index (χ3n) is 4.67. The average Bonchev–Trinajstić information content (AvgIpc) is 3.09. The highest BCUT2D eigenvalue weighted by Crippen LogP contribution is 2.22. The fourth-order valence-electron chi connectivity index (χ4n) is 3.09. The van der Waals surface area contributed by atoms with Gasteiger partial charge in [-0.2, -0.15) is 5.10 Å². The van der Waals surface area contributed by atoms with Gasteiger partial charge in [-0.25, -0.2) is 9.67 Å². The van der Waals surface area contributed by atoms with E-state index in [2.05, 4.69) is 25.7 Å². The Morgan fingerprint density at radius 1 is 1.17 bits per heavy atom. The molecular weight excluding hydrogens is 400 g/mol. The van der Waals surface area contributed by atoms with E-state index in [-0.39, 0.29) is 0 Å². The molecule has 3 rings (SSSR count). The molecule has 7 nitrogen and oxygen atoms in total. The lowest BCUT2D eigenvalue weighted by molar-refractivity contribution is 0.414. The average molecular weight is 427 g/mol. The summed E-state index contributed by atoms with van der Waals surface area (Å²) in [6, 6.07) is 11.8. The minimum absolute atomic E-state index is 0.618. The molecule has 0 aliphatic rings. The van der Waals surface area contributed by atoms with Crippen molar-refractivity contribution in [3.63, 3.8) is 0 Å². The molecule has 1 aromatic carbocycles. The predicted molar refractivity (Wildman–Crippen MR) is 121 cm³/mol. The second-order valence-electron chi connectivity index (χ2n) is 6.92. The maximum atomic E-state index is 6.30. The van der Waals surface area contributed by atoms with Crippen molar-refractivity contribution in [3.05, 3.63) is 70.1 Å². The van der Waals surface area contributed by atoms with Crippen LogP contribution in [0, 0.1) is 13.8 Å². The maximum absolute atomic E-state index is 6.30. The summed E-state index contributed by atoms with van der Waals surface area (Å²) in [6.07, 6.45) is 2.63. The molecule has 2 N–H and O–H groups in total. The molecule has 0 radical (unpaired) electrons. The number of hydrogen-bond donors (Lipinski definition) is 2. The van der Waals surface area contributed by atoms with Gasteiger partial charge in [0.05, 0.1) is 12.8 Å². The van der Waals surface area contributed by atoms with Gasteiger partial charge in [0.25, 0.3) is 0 Å². The quantitative estimate of drug-likeness (QED) is 0.447. The van der Waals surface area contributed by atoms with Crippen molar-refractivity contribution in [2.24, 2.45) is 4.99 Å². The van der Waals surface area contributed by atoms with Gasteiger partial charge in [-0.05, 0) is 55.7 Å². The third-order valence-corrected chi connectivity index (χ3v) is 5.02. The van der Waals surface area contributed by atoms with E-state index < -0.39 is 0 Å². The van der Waals surface area contributed by atoms with Crippen LogP contribution in [0.3, 0.4) is 0 Å². The number of nitrogens with zero attached hydrogens (tertiary/aromatic N) is 4. The van der Waals surface area contributed by atoms with Gasteiger partial charge in [0, 0.05) is 37.1 Å². The van der Waals surface area contributed by atoms with Crippen LogP contribution in [-0.4, -0.2) is 41.4 Å². The Bertz CT molecular complexity index is 1010. The van der Waals surface area contributed by atoms with Crippen LogP contribution in [0.5, 0.6) is 5.75 Å². The van der Waals surface area contributed by atoms with Crippen LogP contribution in [-0.2, 0) is 13.0 Å². The Morgan fingerprint density at radius 2 is 2.00 bits per heavy atom. The number of aryl methyl sites for hydroxylation is 2. The van der Waals surface area contributed by atoms with Gasteiger partial charge in [-0.1, -0.05) is 23.7 Å². The van der Waals surface area contributed by atoms with E-state index in [0.717, 1.165) is 46.5 Å².